The number of hydrogen-bond acceptors (Lipinski definition) is 3. The SMILES string of the molecule is Cc1cnn(CC(=O)N(C)CCCc2cc(-c3ccc(F)cc3)n[nH]2)c1. The van der Waals surface area contributed by atoms with Crippen LogP contribution in [0.15, 0.2) is 42.7 Å². The molecular weight excluding hydrogens is 333 g/mol. The van der Waals surface area contributed by atoms with Gasteiger partial charge in [0.2, 0.25) is 5.91 Å². The molecule has 0 radical (unpaired) electrons. The second kappa shape index (κ2) is 7.95. The first-order valence-electron chi connectivity index (χ1n) is 8.54. The normalized spacial score (nSPS) is 10.9. The number of nitrogens with zero attached hydrogens (tertiary/aromatic N) is 4. The van der Waals surface area contributed by atoms with Gasteiger partial charge in [0.15, 0.2) is 0 Å². The molecular formula is C19H22FN5O. The third-order valence-corrected chi connectivity index (χ3v) is 4.20. The maximum absolute atomic E-state index is 13.0. The molecule has 2 heterocycles. The number of hydrogen-bond donors (Lipinski definition) is 1. The number of halogens is 1. The van der Waals surface area contributed by atoms with Gasteiger partial charge in [-0.15, -0.1) is 0 Å². The van der Waals surface area contributed by atoms with Gasteiger partial charge in [0.25, 0.3) is 0 Å². The fourth-order valence-corrected chi connectivity index (χ4v) is 2.70. The maximum atomic E-state index is 13.0. The quantitative estimate of drug-likeness (QED) is 0.709. The van der Waals surface area contributed by atoms with Crippen molar-refractivity contribution < 1.29 is 9.18 Å². The van der Waals surface area contributed by atoms with Gasteiger partial charge in [0.05, 0.1) is 11.9 Å². The van der Waals surface area contributed by atoms with Crippen LogP contribution in [0.5, 0.6) is 0 Å². The van der Waals surface area contributed by atoms with Crippen LogP contribution in [-0.4, -0.2) is 44.4 Å². The zero-order valence-corrected chi connectivity index (χ0v) is 14.9. The van der Waals surface area contributed by atoms with Crippen LogP contribution in [-0.2, 0) is 17.8 Å². The van der Waals surface area contributed by atoms with Crippen LogP contribution >= 0.6 is 0 Å². The summed E-state index contributed by atoms with van der Waals surface area (Å²) in [6, 6.07) is 8.22. The molecule has 1 N–H and O–H groups in total. The lowest BCUT2D eigenvalue weighted by molar-refractivity contribution is -0.130. The number of amides is 1. The second-order valence-electron chi connectivity index (χ2n) is 6.42. The van der Waals surface area contributed by atoms with Crippen molar-refractivity contribution >= 4 is 5.91 Å². The van der Waals surface area contributed by atoms with E-state index in [2.05, 4.69) is 15.3 Å². The summed E-state index contributed by atoms with van der Waals surface area (Å²) >= 11 is 0. The molecule has 0 saturated heterocycles. The molecule has 7 heteroatoms. The molecule has 0 spiro atoms. The van der Waals surface area contributed by atoms with Crippen molar-refractivity contribution in [2.45, 2.75) is 26.3 Å². The Morgan fingerprint density at radius 3 is 2.77 bits per heavy atom. The minimum Gasteiger partial charge on any atom is -0.344 e. The molecule has 0 aliphatic heterocycles. The summed E-state index contributed by atoms with van der Waals surface area (Å²) in [6.45, 7) is 2.86. The predicted octanol–water partition coefficient (Wildman–Crippen LogP) is 2.81. The number of aromatic amines is 1. The van der Waals surface area contributed by atoms with E-state index in [0.29, 0.717) is 6.54 Å². The third kappa shape index (κ3) is 4.56. The minimum atomic E-state index is -0.262. The molecule has 1 amide bonds. The smallest absolute Gasteiger partial charge is 0.244 e. The maximum Gasteiger partial charge on any atom is 0.244 e. The lowest BCUT2D eigenvalue weighted by Crippen LogP contribution is -2.31. The number of likely N-dealkylation sites (N-methyl/N-ethyl adjacent to an activating group) is 1. The van der Waals surface area contributed by atoms with Crippen molar-refractivity contribution in [3.63, 3.8) is 0 Å². The zero-order valence-electron chi connectivity index (χ0n) is 14.9. The molecule has 3 aromatic rings. The number of aromatic nitrogens is 4. The van der Waals surface area contributed by atoms with Crippen molar-refractivity contribution in [3.05, 3.63) is 59.8 Å². The number of H-pyrrole nitrogens is 1. The first-order chi connectivity index (χ1) is 12.5. The van der Waals surface area contributed by atoms with Gasteiger partial charge in [-0.05, 0) is 55.7 Å². The Balaban J connectivity index is 1.47. The number of nitrogens with one attached hydrogen (secondary N) is 1. The Hall–Kier alpha value is -2.96. The Bertz CT molecular complexity index is 868. The topological polar surface area (TPSA) is 66.8 Å². The van der Waals surface area contributed by atoms with Crippen LogP contribution in [0.4, 0.5) is 4.39 Å². The zero-order chi connectivity index (χ0) is 18.5. The Labute approximate surface area is 151 Å². The summed E-state index contributed by atoms with van der Waals surface area (Å²) in [5.74, 6) is -0.229. The molecule has 0 aliphatic carbocycles. The summed E-state index contributed by atoms with van der Waals surface area (Å²) in [4.78, 5) is 13.9. The highest BCUT2D eigenvalue weighted by atomic mass is 19.1. The fraction of sp³-hybridized carbons (Fsp3) is 0.316. The highest BCUT2D eigenvalue weighted by Crippen LogP contribution is 2.18. The van der Waals surface area contributed by atoms with Crippen LogP contribution in [0.1, 0.15) is 17.7 Å². The summed E-state index contributed by atoms with van der Waals surface area (Å²) in [5.41, 5.74) is 3.69. The van der Waals surface area contributed by atoms with Crippen molar-refractivity contribution in [3.8, 4) is 11.3 Å². The summed E-state index contributed by atoms with van der Waals surface area (Å²) in [5, 5.41) is 11.4. The van der Waals surface area contributed by atoms with Gasteiger partial charge < -0.3 is 4.90 Å². The van der Waals surface area contributed by atoms with Gasteiger partial charge in [-0.1, -0.05) is 0 Å². The number of carbonyl (C=O) groups excluding carboxylic acids is 1. The Kier molecular flexibility index (Phi) is 5.46. The largest absolute Gasteiger partial charge is 0.344 e. The van der Waals surface area contributed by atoms with E-state index in [1.807, 2.05) is 19.2 Å². The molecule has 6 nitrogen and oxygen atoms in total. The van der Waals surface area contributed by atoms with Gasteiger partial charge in [0.1, 0.15) is 12.4 Å². The fourth-order valence-electron chi connectivity index (χ4n) is 2.70. The number of benzene rings is 1. The van der Waals surface area contributed by atoms with Crippen LogP contribution < -0.4 is 0 Å². The first-order valence-corrected chi connectivity index (χ1v) is 8.54. The van der Waals surface area contributed by atoms with E-state index >= 15 is 0 Å². The van der Waals surface area contributed by atoms with Crippen molar-refractivity contribution in [2.24, 2.45) is 0 Å². The average Bonchev–Trinajstić information content (AvgIpc) is 3.24. The molecule has 0 atom stereocenters. The third-order valence-electron chi connectivity index (χ3n) is 4.20. The van der Waals surface area contributed by atoms with Gasteiger partial charge in [-0.2, -0.15) is 10.2 Å². The highest BCUT2D eigenvalue weighted by Gasteiger charge is 2.10. The van der Waals surface area contributed by atoms with Gasteiger partial charge in [-0.3, -0.25) is 14.6 Å². The Morgan fingerprint density at radius 1 is 1.31 bits per heavy atom. The number of carbonyl (C=O) groups is 1. The van der Waals surface area contributed by atoms with Crippen LogP contribution in [0.3, 0.4) is 0 Å². The molecule has 0 unspecified atom stereocenters. The number of aryl methyl sites for hydroxylation is 2. The minimum absolute atomic E-state index is 0.0321. The van der Waals surface area contributed by atoms with E-state index in [9.17, 15) is 9.18 Å². The molecule has 2 aromatic heterocycles. The lowest BCUT2D eigenvalue weighted by atomic mass is 10.1. The molecule has 136 valence electrons. The second-order valence-corrected chi connectivity index (χ2v) is 6.42. The van der Waals surface area contributed by atoms with Crippen molar-refractivity contribution in [1.82, 2.24) is 24.9 Å². The van der Waals surface area contributed by atoms with Crippen LogP contribution in [0.2, 0.25) is 0 Å². The van der Waals surface area contributed by atoms with E-state index in [4.69, 9.17) is 0 Å². The molecule has 0 saturated carbocycles. The predicted molar refractivity (Wildman–Crippen MR) is 96.9 cm³/mol. The monoisotopic (exact) mass is 355 g/mol. The van der Waals surface area contributed by atoms with E-state index in [1.54, 1.807) is 35.0 Å². The molecule has 3 rings (SSSR count). The number of rotatable bonds is 7. The van der Waals surface area contributed by atoms with E-state index in [-0.39, 0.29) is 18.3 Å². The molecule has 0 fully saturated rings. The van der Waals surface area contributed by atoms with E-state index in [0.717, 1.165) is 35.4 Å². The van der Waals surface area contributed by atoms with Crippen LogP contribution in [0, 0.1) is 12.7 Å². The average molecular weight is 355 g/mol. The van der Waals surface area contributed by atoms with Gasteiger partial charge >= 0.3 is 0 Å². The summed E-state index contributed by atoms with van der Waals surface area (Å²) in [6.07, 6.45) is 5.20. The van der Waals surface area contributed by atoms with Gasteiger partial charge in [0, 0.05) is 31.0 Å². The van der Waals surface area contributed by atoms with Crippen molar-refractivity contribution in [2.75, 3.05) is 13.6 Å². The highest BCUT2D eigenvalue weighted by molar-refractivity contribution is 5.75. The lowest BCUT2D eigenvalue weighted by Gasteiger charge is -2.16. The summed E-state index contributed by atoms with van der Waals surface area (Å²) in [7, 11) is 1.80. The van der Waals surface area contributed by atoms with Crippen molar-refractivity contribution in [1.29, 1.82) is 0 Å². The van der Waals surface area contributed by atoms with E-state index < -0.39 is 0 Å². The summed E-state index contributed by atoms with van der Waals surface area (Å²) < 4.78 is 14.6. The molecule has 0 aliphatic rings. The standard InChI is InChI=1S/C19H22FN5O/c1-14-11-21-25(12-14)13-19(26)24(2)9-3-4-17-10-18(23-22-17)15-5-7-16(20)8-6-15/h5-8,10-12H,3-4,9,13H2,1-2H3,(H,22,23). The first kappa shape index (κ1) is 17.8. The molecule has 0 bridgehead atoms. The Morgan fingerprint density at radius 2 is 2.08 bits per heavy atom. The van der Waals surface area contributed by atoms with Crippen LogP contribution in [0.25, 0.3) is 11.3 Å². The molecule has 26 heavy (non-hydrogen) atoms. The van der Waals surface area contributed by atoms with E-state index in [1.165, 1.54) is 12.1 Å². The van der Waals surface area contributed by atoms with Gasteiger partial charge in [-0.25, -0.2) is 4.39 Å². The molecule has 1 aromatic carbocycles.